The van der Waals surface area contributed by atoms with E-state index in [2.05, 4.69) is 10.6 Å². The van der Waals surface area contributed by atoms with Crippen LogP contribution in [0.25, 0.3) is 22.3 Å². The molecule has 0 heterocycles. The van der Waals surface area contributed by atoms with Crippen molar-refractivity contribution >= 4 is 23.4 Å². The second-order valence-corrected chi connectivity index (χ2v) is 11.2. The number of benzene rings is 5. The van der Waals surface area contributed by atoms with E-state index in [9.17, 15) is 9.59 Å². The molecule has 0 fully saturated rings. The fourth-order valence-corrected chi connectivity index (χ4v) is 5.39. The van der Waals surface area contributed by atoms with Crippen LogP contribution in [-0.2, 0) is 11.3 Å². The number of nitrogens with one attached hydrogen (secondary N) is 2. The standard InChI is InChI=1S/C38H36ClN3O3/c1-3-35(41-25(2)27-12-6-4-7-13-27)38(44)42-37(43)33-19-17-29(28-14-8-5-9-15-28)22-34(33)32-20-18-30(39)23-36(32)45-31-16-10-11-26(21-31)24-40/h4-23,25,35,41H,3,24,40H2,1-2H3,(H,42,43,44)/t25-,35?/m1/s1. The third-order valence-electron chi connectivity index (χ3n) is 7.68. The summed E-state index contributed by atoms with van der Waals surface area (Å²) in [4.78, 5) is 27.3. The largest absolute Gasteiger partial charge is 0.457 e. The molecule has 45 heavy (non-hydrogen) atoms. The van der Waals surface area contributed by atoms with Crippen molar-refractivity contribution in [1.82, 2.24) is 10.6 Å². The molecule has 0 spiro atoms. The summed E-state index contributed by atoms with van der Waals surface area (Å²) >= 11 is 6.43. The molecular weight excluding hydrogens is 582 g/mol. The molecule has 0 aliphatic rings. The van der Waals surface area contributed by atoms with Crippen LogP contribution in [0.5, 0.6) is 11.5 Å². The zero-order valence-corrected chi connectivity index (χ0v) is 26.1. The maximum atomic E-state index is 13.9. The van der Waals surface area contributed by atoms with Crippen LogP contribution in [-0.4, -0.2) is 17.9 Å². The van der Waals surface area contributed by atoms with Crippen LogP contribution >= 0.6 is 11.6 Å². The number of carbonyl (C=O) groups is 2. The van der Waals surface area contributed by atoms with Crippen molar-refractivity contribution in [3.05, 3.63) is 143 Å². The number of imide groups is 1. The molecule has 2 amide bonds. The second kappa shape index (κ2) is 14.8. The summed E-state index contributed by atoms with van der Waals surface area (Å²) in [6.45, 7) is 4.28. The monoisotopic (exact) mass is 617 g/mol. The van der Waals surface area contributed by atoms with Crippen LogP contribution in [0.4, 0.5) is 0 Å². The van der Waals surface area contributed by atoms with E-state index in [-0.39, 0.29) is 6.04 Å². The number of ether oxygens (including phenoxy) is 1. The summed E-state index contributed by atoms with van der Waals surface area (Å²) in [5, 5.41) is 6.49. The highest BCUT2D eigenvalue weighted by Gasteiger charge is 2.24. The van der Waals surface area contributed by atoms with E-state index >= 15 is 0 Å². The minimum Gasteiger partial charge on any atom is -0.457 e. The summed E-state index contributed by atoms with van der Waals surface area (Å²) < 4.78 is 6.34. The molecule has 6 nitrogen and oxygen atoms in total. The van der Waals surface area contributed by atoms with Gasteiger partial charge in [0.2, 0.25) is 5.91 Å². The van der Waals surface area contributed by atoms with Crippen LogP contribution in [0.3, 0.4) is 0 Å². The van der Waals surface area contributed by atoms with Crippen molar-refractivity contribution in [2.45, 2.75) is 38.9 Å². The van der Waals surface area contributed by atoms with Crippen molar-refractivity contribution in [1.29, 1.82) is 0 Å². The molecule has 5 aromatic rings. The molecule has 2 atom stereocenters. The van der Waals surface area contributed by atoms with Crippen molar-refractivity contribution in [2.75, 3.05) is 0 Å². The number of carbonyl (C=O) groups excluding carboxylic acids is 2. The molecule has 0 aliphatic carbocycles. The fourth-order valence-electron chi connectivity index (χ4n) is 5.23. The average Bonchev–Trinajstić information content (AvgIpc) is 3.07. The first-order valence-electron chi connectivity index (χ1n) is 15.0. The van der Waals surface area contributed by atoms with Gasteiger partial charge in [0.1, 0.15) is 11.5 Å². The Kier molecular flexibility index (Phi) is 10.4. The predicted molar refractivity (Wildman–Crippen MR) is 181 cm³/mol. The normalized spacial score (nSPS) is 12.3. The maximum Gasteiger partial charge on any atom is 0.258 e. The molecule has 228 valence electrons. The Morgan fingerprint density at radius 1 is 0.800 bits per heavy atom. The van der Waals surface area contributed by atoms with Crippen molar-refractivity contribution in [2.24, 2.45) is 5.73 Å². The van der Waals surface area contributed by atoms with Gasteiger partial charge in [0, 0.05) is 34.8 Å². The minimum absolute atomic E-state index is 0.0794. The highest BCUT2D eigenvalue weighted by molar-refractivity contribution is 6.30. The number of halogens is 1. The summed E-state index contributed by atoms with van der Waals surface area (Å²) in [5.74, 6) is 0.154. The van der Waals surface area contributed by atoms with Crippen molar-refractivity contribution in [3.8, 4) is 33.8 Å². The Morgan fingerprint density at radius 2 is 1.53 bits per heavy atom. The second-order valence-electron chi connectivity index (χ2n) is 10.8. The Hall–Kier alpha value is -4.75. The molecule has 1 unspecified atom stereocenters. The van der Waals surface area contributed by atoms with E-state index in [4.69, 9.17) is 22.1 Å². The van der Waals surface area contributed by atoms with E-state index in [1.54, 1.807) is 18.2 Å². The van der Waals surface area contributed by atoms with Gasteiger partial charge in [-0.25, -0.2) is 0 Å². The molecule has 0 saturated carbocycles. The van der Waals surface area contributed by atoms with Gasteiger partial charge in [0.15, 0.2) is 0 Å². The van der Waals surface area contributed by atoms with E-state index in [0.717, 1.165) is 22.3 Å². The Balaban J connectivity index is 1.50. The van der Waals surface area contributed by atoms with E-state index in [1.807, 2.05) is 117 Å². The molecule has 0 aromatic heterocycles. The topological polar surface area (TPSA) is 93.5 Å². The summed E-state index contributed by atoms with van der Waals surface area (Å²) in [6.07, 6.45) is 0.507. The smallest absolute Gasteiger partial charge is 0.258 e. The Morgan fingerprint density at radius 3 is 2.24 bits per heavy atom. The molecule has 0 radical (unpaired) electrons. The highest BCUT2D eigenvalue weighted by Crippen LogP contribution is 2.39. The average molecular weight is 618 g/mol. The van der Waals surface area contributed by atoms with Crippen LogP contribution in [0.2, 0.25) is 5.02 Å². The Bertz CT molecular complexity index is 1780. The third-order valence-corrected chi connectivity index (χ3v) is 7.91. The lowest BCUT2D eigenvalue weighted by atomic mass is 9.93. The van der Waals surface area contributed by atoms with Gasteiger partial charge >= 0.3 is 0 Å². The van der Waals surface area contributed by atoms with Gasteiger partial charge in [-0.05, 0) is 77.6 Å². The van der Waals surface area contributed by atoms with Gasteiger partial charge < -0.3 is 10.5 Å². The van der Waals surface area contributed by atoms with Gasteiger partial charge in [-0.3, -0.25) is 20.2 Å². The molecule has 0 saturated heterocycles. The van der Waals surface area contributed by atoms with Crippen molar-refractivity contribution in [3.63, 3.8) is 0 Å². The zero-order valence-electron chi connectivity index (χ0n) is 25.3. The van der Waals surface area contributed by atoms with Crippen LogP contribution in [0, 0.1) is 0 Å². The first-order chi connectivity index (χ1) is 21.9. The fraction of sp³-hybridized carbons (Fsp3) is 0.158. The predicted octanol–water partition coefficient (Wildman–Crippen LogP) is 8.31. The molecular formula is C38H36ClN3O3. The summed E-state index contributed by atoms with van der Waals surface area (Å²) in [5.41, 5.74) is 11.3. The van der Waals surface area contributed by atoms with Gasteiger partial charge in [-0.2, -0.15) is 0 Å². The third kappa shape index (κ3) is 7.86. The van der Waals surface area contributed by atoms with E-state index in [1.165, 1.54) is 0 Å². The lowest BCUT2D eigenvalue weighted by Crippen LogP contribution is -2.46. The van der Waals surface area contributed by atoms with E-state index < -0.39 is 17.9 Å². The minimum atomic E-state index is -0.569. The van der Waals surface area contributed by atoms with Crippen molar-refractivity contribution < 1.29 is 14.3 Å². The molecule has 5 aromatic carbocycles. The lowest BCUT2D eigenvalue weighted by molar-refractivity contribution is -0.122. The molecule has 7 heteroatoms. The highest BCUT2D eigenvalue weighted by atomic mass is 35.5. The van der Waals surface area contributed by atoms with Crippen LogP contribution in [0.15, 0.2) is 121 Å². The molecule has 0 aliphatic heterocycles. The summed E-state index contributed by atoms with van der Waals surface area (Å²) in [7, 11) is 0. The van der Waals surface area contributed by atoms with Gasteiger partial charge in [-0.15, -0.1) is 0 Å². The van der Waals surface area contributed by atoms with Gasteiger partial charge in [0.05, 0.1) is 6.04 Å². The molecule has 0 bridgehead atoms. The number of hydrogen-bond acceptors (Lipinski definition) is 5. The Labute approximate surface area is 269 Å². The first kappa shape index (κ1) is 31.7. The van der Waals surface area contributed by atoms with Crippen LogP contribution in [0.1, 0.15) is 47.8 Å². The number of nitrogens with two attached hydrogens (primary N) is 1. The number of hydrogen-bond donors (Lipinski definition) is 3. The number of amides is 2. The quantitative estimate of drug-likeness (QED) is 0.139. The van der Waals surface area contributed by atoms with Gasteiger partial charge in [-0.1, -0.05) is 97.4 Å². The maximum absolute atomic E-state index is 13.9. The SMILES string of the molecule is CCC(N[C@H](C)c1ccccc1)C(=O)NC(=O)c1ccc(-c2ccccc2)cc1-c1ccc(Cl)cc1Oc1cccc(CN)c1. The summed E-state index contributed by atoms with van der Waals surface area (Å²) in [6, 6.07) is 37.5. The molecule has 5 rings (SSSR count). The van der Waals surface area contributed by atoms with Crippen LogP contribution < -0.4 is 21.1 Å². The van der Waals surface area contributed by atoms with E-state index in [0.29, 0.717) is 46.2 Å². The number of rotatable bonds is 11. The lowest BCUT2D eigenvalue weighted by Gasteiger charge is -2.22. The zero-order chi connectivity index (χ0) is 31.8. The van der Waals surface area contributed by atoms with Gasteiger partial charge in [0.25, 0.3) is 5.91 Å². The first-order valence-corrected chi connectivity index (χ1v) is 15.4. The molecule has 4 N–H and O–H groups in total.